The topological polar surface area (TPSA) is 64.9 Å². The van der Waals surface area contributed by atoms with Gasteiger partial charge in [0.15, 0.2) is 0 Å². The molecular weight excluding hydrogens is 302 g/mol. The fourth-order valence-corrected chi connectivity index (χ4v) is 1.97. The first kappa shape index (κ1) is 15.9. The maximum Gasteiger partial charge on any atom is 0.271 e. The molecule has 0 radical (unpaired) electrons. The first-order valence-corrected chi connectivity index (χ1v) is 6.95. The molecule has 1 amide bonds. The van der Waals surface area contributed by atoms with Crippen LogP contribution in [0.3, 0.4) is 0 Å². The first-order chi connectivity index (χ1) is 10.5. The minimum atomic E-state index is -0.332. The van der Waals surface area contributed by atoms with Gasteiger partial charge in [-0.3, -0.25) is 4.79 Å². The zero-order valence-corrected chi connectivity index (χ0v) is 13.0. The van der Waals surface area contributed by atoms with Crippen LogP contribution in [0.2, 0.25) is 5.02 Å². The molecule has 0 saturated heterocycles. The molecule has 6 heteroatoms. The molecule has 0 aromatic heterocycles. The SMILES string of the molecule is CN(C)c1cccc(C(=O)N/N=C/c2cccc(Cl)c2O)c1. The lowest BCUT2D eigenvalue weighted by Gasteiger charge is -2.12. The molecule has 2 N–H and O–H groups in total. The Morgan fingerprint density at radius 2 is 2.00 bits per heavy atom. The number of nitrogens with one attached hydrogen (secondary N) is 1. The molecule has 5 nitrogen and oxygen atoms in total. The molecule has 0 aliphatic rings. The van der Waals surface area contributed by atoms with Gasteiger partial charge in [0.25, 0.3) is 5.91 Å². The molecule has 0 aliphatic carbocycles. The number of para-hydroxylation sites is 1. The second-order valence-electron chi connectivity index (χ2n) is 4.82. The van der Waals surface area contributed by atoms with Gasteiger partial charge in [-0.2, -0.15) is 5.10 Å². The average molecular weight is 318 g/mol. The number of anilines is 1. The molecule has 0 atom stereocenters. The first-order valence-electron chi connectivity index (χ1n) is 6.57. The van der Waals surface area contributed by atoms with Crippen LogP contribution in [0.15, 0.2) is 47.6 Å². The third-order valence-electron chi connectivity index (χ3n) is 3.01. The number of aromatic hydroxyl groups is 1. The van der Waals surface area contributed by atoms with Gasteiger partial charge in [-0.1, -0.05) is 23.7 Å². The minimum absolute atomic E-state index is 0.0724. The fourth-order valence-electron chi connectivity index (χ4n) is 1.79. The fraction of sp³-hybridized carbons (Fsp3) is 0.125. The second kappa shape index (κ2) is 6.95. The van der Waals surface area contributed by atoms with Gasteiger partial charge in [0, 0.05) is 30.9 Å². The van der Waals surface area contributed by atoms with E-state index < -0.39 is 0 Å². The summed E-state index contributed by atoms with van der Waals surface area (Å²) in [7, 11) is 3.80. The maximum atomic E-state index is 12.0. The van der Waals surface area contributed by atoms with E-state index in [4.69, 9.17) is 11.6 Å². The van der Waals surface area contributed by atoms with Crippen LogP contribution in [-0.2, 0) is 0 Å². The van der Waals surface area contributed by atoms with E-state index in [1.54, 1.807) is 36.4 Å². The summed E-state index contributed by atoms with van der Waals surface area (Å²) < 4.78 is 0. The second-order valence-corrected chi connectivity index (χ2v) is 5.23. The van der Waals surface area contributed by atoms with Gasteiger partial charge in [0.2, 0.25) is 0 Å². The Morgan fingerprint density at radius 1 is 1.27 bits per heavy atom. The number of amides is 1. The lowest BCUT2D eigenvalue weighted by atomic mass is 10.2. The normalized spacial score (nSPS) is 10.7. The highest BCUT2D eigenvalue weighted by atomic mass is 35.5. The molecule has 22 heavy (non-hydrogen) atoms. The Kier molecular flexibility index (Phi) is 5.01. The van der Waals surface area contributed by atoms with Gasteiger partial charge in [0.1, 0.15) is 5.75 Å². The van der Waals surface area contributed by atoms with Crippen molar-refractivity contribution in [2.45, 2.75) is 0 Å². The zero-order chi connectivity index (χ0) is 16.1. The highest BCUT2D eigenvalue weighted by Gasteiger charge is 2.06. The molecule has 0 unspecified atom stereocenters. The Bertz CT molecular complexity index is 714. The Morgan fingerprint density at radius 3 is 2.73 bits per heavy atom. The molecule has 2 aromatic carbocycles. The van der Waals surface area contributed by atoms with Crippen LogP contribution < -0.4 is 10.3 Å². The molecule has 0 saturated carbocycles. The van der Waals surface area contributed by atoms with Gasteiger partial charge in [-0.05, 0) is 30.3 Å². The number of nitrogens with zero attached hydrogens (tertiary/aromatic N) is 2. The lowest BCUT2D eigenvalue weighted by Crippen LogP contribution is -2.18. The van der Waals surface area contributed by atoms with E-state index in [1.165, 1.54) is 6.21 Å². The van der Waals surface area contributed by atoms with Crippen molar-refractivity contribution in [3.8, 4) is 5.75 Å². The summed E-state index contributed by atoms with van der Waals surface area (Å²) in [4.78, 5) is 13.9. The largest absolute Gasteiger partial charge is 0.506 e. The van der Waals surface area contributed by atoms with E-state index in [-0.39, 0.29) is 16.7 Å². The number of halogens is 1. The predicted octanol–water partition coefficient (Wildman–Crippen LogP) is 2.88. The quantitative estimate of drug-likeness (QED) is 0.673. The third kappa shape index (κ3) is 3.77. The van der Waals surface area contributed by atoms with Crippen LogP contribution in [0.1, 0.15) is 15.9 Å². The molecule has 2 aromatic rings. The Hall–Kier alpha value is -2.53. The van der Waals surface area contributed by atoms with Crippen LogP contribution >= 0.6 is 11.6 Å². The van der Waals surface area contributed by atoms with Crippen LogP contribution in [0.5, 0.6) is 5.75 Å². The van der Waals surface area contributed by atoms with Gasteiger partial charge >= 0.3 is 0 Å². The molecule has 0 bridgehead atoms. The van der Waals surface area contributed by atoms with Crippen molar-refractivity contribution < 1.29 is 9.90 Å². The van der Waals surface area contributed by atoms with Crippen LogP contribution in [0, 0.1) is 0 Å². The van der Waals surface area contributed by atoms with E-state index in [9.17, 15) is 9.90 Å². The molecule has 0 fully saturated rings. The molecule has 0 spiro atoms. The van der Waals surface area contributed by atoms with Gasteiger partial charge < -0.3 is 10.0 Å². The standard InChI is InChI=1S/C16H16ClN3O2/c1-20(2)13-7-3-5-11(9-13)16(22)19-18-10-12-6-4-8-14(17)15(12)21/h3-10,21H,1-2H3,(H,19,22)/b18-10+. The maximum absolute atomic E-state index is 12.0. The van der Waals surface area contributed by atoms with E-state index in [0.717, 1.165) is 5.69 Å². The van der Waals surface area contributed by atoms with Crippen LogP contribution in [0.25, 0.3) is 0 Å². The Labute approximate surface area is 133 Å². The van der Waals surface area contributed by atoms with Gasteiger partial charge in [0.05, 0.1) is 11.2 Å². The number of carbonyl (C=O) groups is 1. The van der Waals surface area contributed by atoms with Crippen molar-refractivity contribution in [1.29, 1.82) is 0 Å². The highest BCUT2D eigenvalue weighted by Crippen LogP contribution is 2.25. The molecule has 2 rings (SSSR count). The lowest BCUT2D eigenvalue weighted by molar-refractivity contribution is 0.0955. The number of benzene rings is 2. The van der Waals surface area contributed by atoms with Gasteiger partial charge in [-0.25, -0.2) is 5.43 Å². The number of carbonyl (C=O) groups excluding carboxylic acids is 1. The predicted molar refractivity (Wildman–Crippen MR) is 88.9 cm³/mol. The molecule has 0 heterocycles. The number of phenols is 1. The van der Waals surface area contributed by atoms with Crippen molar-refractivity contribution in [2.24, 2.45) is 5.10 Å². The van der Waals surface area contributed by atoms with Gasteiger partial charge in [-0.15, -0.1) is 0 Å². The molecule has 114 valence electrons. The minimum Gasteiger partial charge on any atom is -0.506 e. The van der Waals surface area contributed by atoms with Crippen molar-refractivity contribution in [1.82, 2.24) is 5.43 Å². The van der Waals surface area contributed by atoms with Crippen molar-refractivity contribution in [2.75, 3.05) is 19.0 Å². The molecule has 0 aliphatic heterocycles. The number of hydrazone groups is 1. The van der Waals surface area contributed by atoms with E-state index >= 15 is 0 Å². The van der Waals surface area contributed by atoms with E-state index in [1.807, 2.05) is 25.1 Å². The summed E-state index contributed by atoms with van der Waals surface area (Å²) in [5.41, 5.74) is 4.26. The van der Waals surface area contributed by atoms with Crippen molar-refractivity contribution in [3.63, 3.8) is 0 Å². The summed E-state index contributed by atoms with van der Waals surface area (Å²) in [6, 6.07) is 12.1. The van der Waals surface area contributed by atoms with Crippen LogP contribution in [-0.4, -0.2) is 31.3 Å². The van der Waals surface area contributed by atoms with Crippen LogP contribution in [0.4, 0.5) is 5.69 Å². The number of rotatable bonds is 4. The number of hydrogen-bond acceptors (Lipinski definition) is 4. The number of phenolic OH excluding ortho intramolecular Hbond substituents is 1. The number of hydrogen-bond donors (Lipinski definition) is 2. The summed E-state index contributed by atoms with van der Waals surface area (Å²) in [5.74, 6) is -0.404. The average Bonchev–Trinajstić information content (AvgIpc) is 2.51. The summed E-state index contributed by atoms with van der Waals surface area (Å²) in [6.45, 7) is 0. The Balaban J connectivity index is 2.08. The van der Waals surface area contributed by atoms with Crippen molar-refractivity contribution >= 4 is 29.4 Å². The van der Waals surface area contributed by atoms with Crippen molar-refractivity contribution in [3.05, 3.63) is 58.6 Å². The highest BCUT2D eigenvalue weighted by molar-refractivity contribution is 6.32. The summed E-state index contributed by atoms with van der Waals surface area (Å²) >= 11 is 5.79. The molecular formula is C16H16ClN3O2. The summed E-state index contributed by atoms with van der Waals surface area (Å²) in [6.07, 6.45) is 1.34. The van der Waals surface area contributed by atoms with E-state index in [2.05, 4.69) is 10.5 Å². The monoisotopic (exact) mass is 317 g/mol. The van der Waals surface area contributed by atoms with E-state index in [0.29, 0.717) is 11.1 Å². The third-order valence-corrected chi connectivity index (χ3v) is 3.32. The smallest absolute Gasteiger partial charge is 0.271 e. The summed E-state index contributed by atoms with van der Waals surface area (Å²) in [5, 5.41) is 13.8. The zero-order valence-electron chi connectivity index (χ0n) is 12.2.